The molecule has 3 rings (SSSR count). The van der Waals surface area contributed by atoms with E-state index in [-0.39, 0.29) is 29.9 Å². The van der Waals surface area contributed by atoms with Crippen molar-refractivity contribution in [1.82, 2.24) is 0 Å². The zero-order chi connectivity index (χ0) is 16.6. The van der Waals surface area contributed by atoms with Gasteiger partial charge < -0.3 is 15.2 Å². The van der Waals surface area contributed by atoms with Crippen LogP contribution in [-0.2, 0) is 15.0 Å². The Morgan fingerprint density at radius 2 is 2.43 bits per heavy atom. The van der Waals surface area contributed by atoms with Crippen LogP contribution in [0.15, 0.2) is 23.2 Å². The van der Waals surface area contributed by atoms with Crippen molar-refractivity contribution in [2.75, 3.05) is 26.1 Å². The van der Waals surface area contributed by atoms with Gasteiger partial charge in [0.15, 0.2) is 5.17 Å². The van der Waals surface area contributed by atoms with Crippen LogP contribution in [0.3, 0.4) is 0 Å². The van der Waals surface area contributed by atoms with Gasteiger partial charge in [-0.05, 0) is 6.07 Å². The molecule has 0 saturated carbocycles. The number of halogens is 1. The molecule has 2 N–H and O–H groups in total. The highest BCUT2D eigenvalue weighted by molar-refractivity contribution is 8.13. The van der Waals surface area contributed by atoms with Crippen LogP contribution in [0.4, 0.5) is 10.1 Å². The number of rotatable bonds is 4. The van der Waals surface area contributed by atoms with Gasteiger partial charge in [0.1, 0.15) is 11.4 Å². The lowest BCUT2D eigenvalue weighted by molar-refractivity contribution is -0.385. The van der Waals surface area contributed by atoms with Crippen molar-refractivity contribution >= 4 is 22.6 Å². The summed E-state index contributed by atoms with van der Waals surface area (Å²) in [7, 11) is 1.56. The van der Waals surface area contributed by atoms with Crippen molar-refractivity contribution in [3.63, 3.8) is 0 Å². The largest absolute Gasteiger partial charge is 0.382 e. The maximum absolute atomic E-state index is 14.5. The number of amidine groups is 1. The van der Waals surface area contributed by atoms with E-state index in [0.717, 1.165) is 12.1 Å². The molecule has 124 valence electrons. The molecule has 0 spiro atoms. The van der Waals surface area contributed by atoms with Crippen LogP contribution >= 0.6 is 11.8 Å². The molecular formula is C14H16FN3O4S. The summed E-state index contributed by atoms with van der Waals surface area (Å²) in [4.78, 5) is 14.9. The van der Waals surface area contributed by atoms with Gasteiger partial charge in [0, 0.05) is 36.5 Å². The number of nitro benzene ring substituents is 1. The topological polar surface area (TPSA) is 100.0 Å². The summed E-state index contributed by atoms with van der Waals surface area (Å²) in [6.45, 7) is 0.462. The smallest absolute Gasteiger partial charge is 0.270 e. The Balaban J connectivity index is 2.12. The number of aliphatic imine (C=N–C) groups is 1. The maximum Gasteiger partial charge on any atom is 0.270 e. The van der Waals surface area contributed by atoms with Crippen LogP contribution in [-0.4, -0.2) is 42.3 Å². The minimum absolute atomic E-state index is 0.116. The summed E-state index contributed by atoms with van der Waals surface area (Å²) in [5, 5.41) is 11.4. The summed E-state index contributed by atoms with van der Waals surface area (Å²) < 4.78 is 25.4. The minimum Gasteiger partial charge on any atom is -0.382 e. The number of thioether (sulfide) groups is 1. The van der Waals surface area contributed by atoms with Gasteiger partial charge in [0.2, 0.25) is 0 Å². The van der Waals surface area contributed by atoms with Crippen LogP contribution in [0.5, 0.6) is 0 Å². The third-order valence-electron chi connectivity index (χ3n) is 4.26. The second kappa shape index (κ2) is 6.06. The molecule has 1 aromatic rings. The van der Waals surface area contributed by atoms with E-state index in [1.807, 2.05) is 0 Å². The average Bonchev–Trinajstić information content (AvgIpc) is 2.86. The van der Waals surface area contributed by atoms with Crippen LogP contribution in [0.2, 0.25) is 0 Å². The predicted molar refractivity (Wildman–Crippen MR) is 83.9 cm³/mol. The molecule has 1 saturated heterocycles. The molecule has 7 nitrogen and oxygen atoms in total. The van der Waals surface area contributed by atoms with E-state index in [1.54, 1.807) is 7.11 Å². The van der Waals surface area contributed by atoms with E-state index in [0.29, 0.717) is 17.5 Å². The van der Waals surface area contributed by atoms with Crippen molar-refractivity contribution in [2.45, 2.75) is 11.6 Å². The van der Waals surface area contributed by atoms with Gasteiger partial charge >= 0.3 is 0 Å². The Labute approximate surface area is 136 Å². The van der Waals surface area contributed by atoms with Crippen molar-refractivity contribution in [3.8, 4) is 0 Å². The van der Waals surface area contributed by atoms with Gasteiger partial charge in [-0.25, -0.2) is 9.38 Å². The first-order valence-electron chi connectivity index (χ1n) is 7.01. The monoisotopic (exact) mass is 341 g/mol. The first-order chi connectivity index (χ1) is 11.0. The lowest BCUT2D eigenvalue weighted by Crippen LogP contribution is -2.43. The molecule has 2 aliphatic rings. The molecule has 1 fully saturated rings. The Hall–Kier alpha value is -1.71. The highest BCUT2D eigenvalue weighted by Crippen LogP contribution is 2.48. The van der Waals surface area contributed by atoms with Gasteiger partial charge in [0.25, 0.3) is 5.69 Å². The molecular weight excluding hydrogens is 325 g/mol. The van der Waals surface area contributed by atoms with E-state index in [1.165, 1.54) is 17.8 Å². The molecule has 2 aliphatic heterocycles. The second-order valence-corrected chi connectivity index (χ2v) is 6.56. The number of hydrogen-bond donors (Lipinski definition) is 1. The Morgan fingerprint density at radius 3 is 3.13 bits per heavy atom. The molecule has 0 aromatic heterocycles. The molecule has 1 aromatic carbocycles. The number of ether oxygens (including phenoxy) is 2. The van der Waals surface area contributed by atoms with Crippen molar-refractivity contribution in [1.29, 1.82) is 0 Å². The van der Waals surface area contributed by atoms with Gasteiger partial charge in [-0.2, -0.15) is 0 Å². The van der Waals surface area contributed by atoms with E-state index in [4.69, 9.17) is 15.2 Å². The average molecular weight is 341 g/mol. The van der Waals surface area contributed by atoms with Gasteiger partial charge in [-0.15, -0.1) is 0 Å². The number of non-ortho nitro benzene ring substituents is 1. The fraction of sp³-hybridized carbons (Fsp3) is 0.500. The third kappa shape index (κ3) is 2.68. The Kier molecular flexibility index (Phi) is 4.26. The Morgan fingerprint density at radius 1 is 1.65 bits per heavy atom. The molecule has 0 bridgehead atoms. The number of nitro groups is 1. The van der Waals surface area contributed by atoms with E-state index in [9.17, 15) is 14.5 Å². The normalized spacial score (nSPS) is 29.9. The first-order valence-corrected chi connectivity index (χ1v) is 7.99. The quantitative estimate of drug-likeness (QED) is 0.660. The van der Waals surface area contributed by atoms with Crippen LogP contribution in [0, 0.1) is 21.8 Å². The van der Waals surface area contributed by atoms with E-state index in [2.05, 4.69) is 4.99 Å². The lowest BCUT2D eigenvalue weighted by atomic mass is 9.78. The zero-order valence-corrected chi connectivity index (χ0v) is 13.2. The number of benzene rings is 1. The van der Waals surface area contributed by atoms with E-state index < -0.39 is 16.3 Å². The van der Waals surface area contributed by atoms with Crippen LogP contribution in [0.1, 0.15) is 5.56 Å². The molecule has 2 heterocycles. The fourth-order valence-corrected chi connectivity index (χ4v) is 4.22. The van der Waals surface area contributed by atoms with Crippen LogP contribution < -0.4 is 5.73 Å². The standard InChI is InChI=1S/C14H16FN3O4S/c1-21-5-12-10-6-23-13(16)17-14(10,7-22-12)9-4-8(18(19)20)2-3-11(9)15/h2-4,10,12H,5-7H2,1H3,(H2,16,17)/t10-,12-,14-/m1/s1. The second-order valence-electron chi connectivity index (χ2n) is 5.52. The number of methoxy groups -OCH3 is 1. The zero-order valence-electron chi connectivity index (χ0n) is 12.4. The summed E-state index contributed by atoms with van der Waals surface area (Å²) in [5.74, 6) is -0.132. The number of hydrogen-bond acceptors (Lipinski definition) is 7. The molecule has 23 heavy (non-hydrogen) atoms. The summed E-state index contributed by atoms with van der Waals surface area (Å²) in [5.41, 5.74) is 4.77. The molecule has 3 atom stereocenters. The summed E-state index contributed by atoms with van der Waals surface area (Å²) in [6, 6.07) is 3.46. The van der Waals surface area contributed by atoms with Gasteiger partial charge in [-0.3, -0.25) is 10.1 Å². The molecule has 0 aliphatic carbocycles. The van der Waals surface area contributed by atoms with Crippen molar-refractivity contribution < 1.29 is 18.8 Å². The van der Waals surface area contributed by atoms with E-state index >= 15 is 0 Å². The van der Waals surface area contributed by atoms with Gasteiger partial charge in [-0.1, -0.05) is 11.8 Å². The van der Waals surface area contributed by atoms with Crippen molar-refractivity contribution in [2.24, 2.45) is 16.6 Å². The first kappa shape index (κ1) is 16.2. The summed E-state index contributed by atoms with van der Waals surface area (Å²) in [6.07, 6.45) is -0.261. The minimum atomic E-state index is -1.05. The van der Waals surface area contributed by atoms with Crippen LogP contribution in [0.25, 0.3) is 0 Å². The third-order valence-corrected chi connectivity index (χ3v) is 5.17. The Bertz CT molecular complexity index is 671. The fourth-order valence-electron chi connectivity index (χ4n) is 3.15. The summed E-state index contributed by atoms with van der Waals surface area (Å²) >= 11 is 1.37. The maximum atomic E-state index is 14.5. The number of fused-ring (bicyclic) bond motifs is 1. The SMILES string of the molecule is COC[C@H]1OC[C@]2(c3cc([N+](=O)[O-])ccc3F)N=C(N)SC[C@H]12. The molecule has 0 amide bonds. The molecule has 9 heteroatoms. The lowest BCUT2D eigenvalue weighted by Gasteiger charge is -2.35. The predicted octanol–water partition coefficient (Wildman–Crippen LogP) is 1.65. The van der Waals surface area contributed by atoms with Crippen molar-refractivity contribution in [3.05, 3.63) is 39.7 Å². The number of nitrogens with two attached hydrogens (primary N) is 1. The number of nitrogens with zero attached hydrogens (tertiary/aromatic N) is 2. The molecule has 0 radical (unpaired) electrons. The highest BCUT2D eigenvalue weighted by Gasteiger charge is 2.54. The molecule has 0 unspecified atom stereocenters. The van der Waals surface area contributed by atoms with Gasteiger partial charge in [0.05, 0.1) is 24.2 Å². The highest BCUT2D eigenvalue weighted by atomic mass is 32.2.